The molecular weight excluding hydrogens is 284 g/mol. The normalized spacial score (nSPS) is 18.3. The number of para-hydroxylation sites is 1. The number of carbonyl (C=O) groups is 1. The lowest BCUT2D eigenvalue weighted by molar-refractivity contribution is -0.118. The molecule has 23 heavy (non-hydrogen) atoms. The summed E-state index contributed by atoms with van der Waals surface area (Å²) in [5.41, 5.74) is 3.74. The molecule has 0 unspecified atom stereocenters. The van der Waals surface area contributed by atoms with Crippen LogP contribution in [0.5, 0.6) is 0 Å². The highest BCUT2D eigenvalue weighted by molar-refractivity contribution is 5.96. The fourth-order valence-electron chi connectivity index (χ4n) is 4.25. The standard InChI is InChI=1S/C20H22N2O/c23-19(11-10-16-7-3-6-14-21-16)22-15-20(12-4-5-13-20)17-8-1-2-9-18(17)22/h1-3,6-9,14H,4-5,10-13,15H2. The van der Waals surface area contributed by atoms with E-state index in [0.717, 1.165) is 17.9 Å². The van der Waals surface area contributed by atoms with Gasteiger partial charge in [-0.2, -0.15) is 0 Å². The second-order valence-corrected chi connectivity index (χ2v) is 6.81. The van der Waals surface area contributed by atoms with Crippen molar-refractivity contribution in [2.75, 3.05) is 11.4 Å². The number of aryl methyl sites for hydroxylation is 1. The van der Waals surface area contributed by atoms with Crippen LogP contribution < -0.4 is 4.90 Å². The van der Waals surface area contributed by atoms with Crippen molar-refractivity contribution in [3.8, 4) is 0 Å². The molecule has 1 saturated carbocycles. The van der Waals surface area contributed by atoms with Crippen molar-refractivity contribution in [1.82, 2.24) is 4.98 Å². The molecule has 2 heterocycles. The summed E-state index contributed by atoms with van der Waals surface area (Å²) in [6.07, 6.45) is 8.03. The van der Waals surface area contributed by atoms with Gasteiger partial charge in [-0.1, -0.05) is 37.1 Å². The number of rotatable bonds is 3. The quantitative estimate of drug-likeness (QED) is 0.862. The zero-order chi connectivity index (χ0) is 15.7. The van der Waals surface area contributed by atoms with Gasteiger partial charge in [0.2, 0.25) is 5.91 Å². The summed E-state index contributed by atoms with van der Waals surface area (Å²) in [7, 11) is 0. The lowest BCUT2D eigenvalue weighted by atomic mass is 9.81. The van der Waals surface area contributed by atoms with Crippen molar-refractivity contribution in [3.63, 3.8) is 0 Å². The molecule has 2 aliphatic rings. The number of amides is 1. The summed E-state index contributed by atoms with van der Waals surface area (Å²) in [5.74, 6) is 0.229. The Morgan fingerprint density at radius 3 is 2.65 bits per heavy atom. The van der Waals surface area contributed by atoms with Crippen molar-refractivity contribution in [2.45, 2.75) is 43.9 Å². The second kappa shape index (κ2) is 5.80. The summed E-state index contributed by atoms with van der Waals surface area (Å²) in [6, 6.07) is 14.4. The largest absolute Gasteiger partial charge is 0.311 e. The van der Waals surface area contributed by atoms with Crippen LogP contribution in [-0.2, 0) is 16.6 Å². The average Bonchev–Trinajstić information content (AvgIpc) is 3.20. The zero-order valence-corrected chi connectivity index (χ0v) is 13.4. The van der Waals surface area contributed by atoms with Gasteiger partial charge in [-0.3, -0.25) is 9.78 Å². The highest BCUT2D eigenvalue weighted by Crippen LogP contribution is 2.50. The summed E-state index contributed by atoms with van der Waals surface area (Å²) in [4.78, 5) is 19.2. The lowest BCUT2D eigenvalue weighted by Crippen LogP contribution is -2.35. The summed E-state index contributed by atoms with van der Waals surface area (Å²) < 4.78 is 0. The minimum Gasteiger partial charge on any atom is -0.311 e. The number of fused-ring (bicyclic) bond motifs is 2. The predicted molar refractivity (Wildman–Crippen MR) is 91.5 cm³/mol. The van der Waals surface area contributed by atoms with Crippen molar-refractivity contribution < 1.29 is 4.79 Å². The van der Waals surface area contributed by atoms with Crippen LogP contribution in [0.15, 0.2) is 48.7 Å². The summed E-state index contributed by atoms with van der Waals surface area (Å²) in [5, 5.41) is 0. The van der Waals surface area contributed by atoms with Crippen LogP contribution in [0, 0.1) is 0 Å². The van der Waals surface area contributed by atoms with E-state index in [1.165, 1.54) is 31.2 Å². The number of benzene rings is 1. The molecule has 1 fully saturated rings. The van der Waals surface area contributed by atoms with E-state index in [1.807, 2.05) is 29.2 Å². The predicted octanol–water partition coefficient (Wildman–Crippen LogP) is 3.87. The SMILES string of the molecule is O=C(CCc1ccccn1)N1CC2(CCCC2)c2ccccc21. The number of pyridine rings is 1. The molecule has 4 rings (SSSR count). The van der Waals surface area contributed by atoms with E-state index in [2.05, 4.69) is 23.2 Å². The summed E-state index contributed by atoms with van der Waals surface area (Å²) in [6.45, 7) is 0.868. The first-order valence-corrected chi connectivity index (χ1v) is 8.58. The molecule has 1 aromatic heterocycles. The van der Waals surface area contributed by atoms with Crippen molar-refractivity contribution >= 4 is 11.6 Å². The van der Waals surface area contributed by atoms with Gasteiger partial charge in [0.05, 0.1) is 0 Å². The second-order valence-electron chi connectivity index (χ2n) is 6.81. The van der Waals surface area contributed by atoms with Gasteiger partial charge < -0.3 is 4.90 Å². The first-order valence-electron chi connectivity index (χ1n) is 8.58. The smallest absolute Gasteiger partial charge is 0.227 e. The van der Waals surface area contributed by atoms with Crippen LogP contribution >= 0.6 is 0 Å². The Balaban J connectivity index is 1.54. The Labute approximate surface area is 137 Å². The van der Waals surface area contributed by atoms with Gasteiger partial charge >= 0.3 is 0 Å². The molecular formula is C20H22N2O. The molecule has 118 valence electrons. The Morgan fingerprint density at radius 1 is 1.09 bits per heavy atom. The van der Waals surface area contributed by atoms with Crippen LogP contribution in [0.25, 0.3) is 0 Å². The van der Waals surface area contributed by atoms with E-state index in [9.17, 15) is 4.79 Å². The van der Waals surface area contributed by atoms with E-state index in [0.29, 0.717) is 12.8 Å². The molecule has 1 spiro atoms. The molecule has 1 amide bonds. The van der Waals surface area contributed by atoms with Gasteiger partial charge in [0.25, 0.3) is 0 Å². The van der Waals surface area contributed by atoms with Crippen LogP contribution in [0.2, 0.25) is 0 Å². The van der Waals surface area contributed by atoms with Crippen LogP contribution in [0.1, 0.15) is 43.4 Å². The van der Waals surface area contributed by atoms with E-state index < -0.39 is 0 Å². The van der Waals surface area contributed by atoms with Gasteiger partial charge in [0, 0.05) is 36.0 Å². The van der Waals surface area contributed by atoms with Crippen LogP contribution in [0.4, 0.5) is 5.69 Å². The summed E-state index contributed by atoms with van der Waals surface area (Å²) >= 11 is 0. The molecule has 0 saturated heterocycles. The monoisotopic (exact) mass is 306 g/mol. The molecule has 3 nitrogen and oxygen atoms in total. The maximum Gasteiger partial charge on any atom is 0.227 e. The fourth-order valence-corrected chi connectivity index (χ4v) is 4.25. The number of hydrogen-bond donors (Lipinski definition) is 0. The number of anilines is 1. The maximum atomic E-state index is 12.8. The first-order chi connectivity index (χ1) is 11.3. The zero-order valence-electron chi connectivity index (χ0n) is 13.4. The van der Waals surface area contributed by atoms with Gasteiger partial charge in [0.15, 0.2) is 0 Å². The number of carbonyl (C=O) groups excluding carboxylic acids is 1. The molecule has 1 aliphatic heterocycles. The van der Waals surface area contributed by atoms with Gasteiger partial charge in [0.1, 0.15) is 0 Å². The molecule has 0 N–H and O–H groups in total. The van der Waals surface area contributed by atoms with Crippen molar-refractivity contribution in [1.29, 1.82) is 0 Å². The molecule has 3 heteroatoms. The third kappa shape index (κ3) is 2.54. The Bertz CT molecular complexity index is 705. The Morgan fingerprint density at radius 2 is 1.87 bits per heavy atom. The minimum absolute atomic E-state index is 0.219. The molecule has 1 aliphatic carbocycles. The number of hydrogen-bond acceptors (Lipinski definition) is 2. The Kier molecular flexibility index (Phi) is 3.64. The highest BCUT2D eigenvalue weighted by atomic mass is 16.2. The van der Waals surface area contributed by atoms with Crippen LogP contribution in [0.3, 0.4) is 0 Å². The molecule has 0 bridgehead atoms. The highest BCUT2D eigenvalue weighted by Gasteiger charge is 2.45. The van der Waals surface area contributed by atoms with Crippen LogP contribution in [-0.4, -0.2) is 17.4 Å². The lowest BCUT2D eigenvalue weighted by Gasteiger charge is -2.24. The third-order valence-electron chi connectivity index (χ3n) is 5.41. The van der Waals surface area contributed by atoms with E-state index in [1.54, 1.807) is 6.20 Å². The number of nitrogens with zero attached hydrogens (tertiary/aromatic N) is 2. The molecule has 0 atom stereocenters. The topological polar surface area (TPSA) is 33.2 Å². The third-order valence-corrected chi connectivity index (χ3v) is 5.41. The van der Waals surface area contributed by atoms with E-state index >= 15 is 0 Å². The van der Waals surface area contributed by atoms with E-state index in [-0.39, 0.29) is 11.3 Å². The maximum absolute atomic E-state index is 12.8. The van der Waals surface area contributed by atoms with Gasteiger partial charge in [-0.05, 0) is 43.0 Å². The van der Waals surface area contributed by atoms with Gasteiger partial charge in [-0.25, -0.2) is 0 Å². The first kappa shape index (κ1) is 14.4. The van der Waals surface area contributed by atoms with E-state index in [4.69, 9.17) is 0 Å². The van der Waals surface area contributed by atoms with Gasteiger partial charge in [-0.15, -0.1) is 0 Å². The molecule has 1 aromatic carbocycles. The number of aromatic nitrogens is 1. The minimum atomic E-state index is 0.219. The fraction of sp³-hybridized carbons (Fsp3) is 0.400. The van der Waals surface area contributed by atoms with Crippen molar-refractivity contribution in [3.05, 3.63) is 59.9 Å². The molecule has 2 aromatic rings. The Hall–Kier alpha value is -2.16. The van der Waals surface area contributed by atoms with Crippen molar-refractivity contribution in [2.24, 2.45) is 0 Å². The average molecular weight is 306 g/mol. The molecule has 0 radical (unpaired) electrons.